The van der Waals surface area contributed by atoms with E-state index in [-0.39, 0.29) is 21.2 Å². The van der Waals surface area contributed by atoms with Gasteiger partial charge in [0.2, 0.25) is 10.0 Å². The molecule has 0 amide bonds. The smallest absolute Gasteiger partial charge is 0.305 e. The van der Waals surface area contributed by atoms with Crippen molar-refractivity contribution >= 4 is 33.3 Å². The highest BCUT2D eigenvalue weighted by atomic mass is 35.5. The number of nitrogens with zero attached hydrogens (tertiary/aromatic N) is 1. The number of benzene rings is 2. The highest BCUT2D eigenvalue weighted by molar-refractivity contribution is 7.89. The highest BCUT2D eigenvalue weighted by Crippen LogP contribution is 2.30. The second kappa shape index (κ2) is 8.33. The van der Waals surface area contributed by atoms with Crippen LogP contribution in [0.5, 0.6) is 5.75 Å². The lowest BCUT2D eigenvalue weighted by Gasteiger charge is -2.19. The maximum Gasteiger partial charge on any atom is 0.305 e. The molecule has 144 valence electrons. The van der Waals surface area contributed by atoms with Crippen molar-refractivity contribution in [1.29, 1.82) is 0 Å². The van der Waals surface area contributed by atoms with Gasteiger partial charge in [-0.25, -0.2) is 13.1 Å². The fourth-order valence-electron chi connectivity index (χ4n) is 2.31. The van der Waals surface area contributed by atoms with E-state index in [1.54, 1.807) is 0 Å². The zero-order valence-corrected chi connectivity index (χ0v) is 15.5. The van der Waals surface area contributed by atoms with E-state index in [2.05, 4.69) is 4.72 Å². The molecule has 0 aliphatic carbocycles. The lowest BCUT2D eigenvalue weighted by atomic mass is 10.0. The van der Waals surface area contributed by atoms with Crippen molar-refractivity contribution in [2.45, 2.75) is 17.4 Å². The van der Waals surface area contributed by atoms with Gasteiger partial charge in [0.05, 0.1) is 29.4 Å². The normalized spacial score (nSPS) is 12.4. The number of carbonyl (C=O) groups is 1. The molecule has 2 aromatic carbocycles. The Balaban J connectivity index is 2.43. The Kier molecular flexibility index (Phi) is 6.37. The van der Waals surface area contributed by atoms with Gasteiger partial charge in [0.1, 0.15) is 5.75 Å². The average molecular weight is 415 g/mol. The van der Waals surface area contributed by atoms with E-state index in [1.165, 1.54) is 37.4 Å². The largest absolute Gasteiger partial charge is 0.497 e. The summed E-state index contributed by atoms with van der Waals surface area (Å²) in [5, 5.41) is 20.1. The molecular formula is C16H15ClN2O7S. The van der Waals surface area contributed by atoms with Gasteiger partial charge in [0, 0.05) is 17.2 Å². The van der Waals surface area contributed by atoms with Crippen LogP contribution >= 0.6 is 11.6 Å². The van der Waals surface area contributed by atoms with E-state index in [1.807, 2.05) is 0 Å². The first-order valence-electron chi connectivity index (χ1n) is 7.46. The molecule has 0 radical (unpaired) electrons. The fourth-order valence-corrected chi connectivity index (χ4v) is 3.78. The number of methoxy groups -OCH3 is 1. The molecule has 2 aromatic rings. The second-order valence-corrected chi connectivity index (χ2v) is 7.53. The number of ether oxygens (including phenoxy) is 1. The van der Waals surface area contributed by atoms with Crippen molar-refractivity contribution in [2.24, 2.45) is 0 Å². The molecule has 27 heavy (non-hydrogen) atoms. The van der Waals surface area contributed by atoms with Crippen LogP contribution in [0, 0.1) is 10.1 Å². The van der Waals surface area contributed by atoms with Gasteiger partial charge in [-0.1, -0.05) is 11.6 Å². The third-order valence-electron chi connectivity index (χ3n) is 3.61. The Morgan fingerprint density at radius 1 is 1.30 bits per heavy atom. The molecule has 2 rings (SSSR count). The van der Waals surface area contributed by atoms with E-state index in [9.17, 15) is 23.3 Å². The molecule has 0 unspecified atom stereocenters. The molecule has 0 aromatic heterocycles. The molecule has 0 saturated carbocycles. The quantitative estimate of drug-likeness (QED) is 0.500. The van der Waals surface area contributed by atoms with E-state index < -0.39 is 33.4 Å². The van der Waals surface area contributed by atoms with E-state index >= 15 is 0 Å². The number of aliphatic carboxylic acids is 1. The molecule has 0 aliphatic heterocycles. The minimum absolute atomic E-state index is 0.00396. The third-order valence-corrected chi connectivity index (χ3v) is 5.44. The number of hydrogen-bond donors (Lipinski definition) is 2. The number of rotatable bonds is 8. The molecule has 0 saturated heterocycles. The summed E-state index contributed by atoms with van der Waals surface area (Å²) in [6.07, 6.45) is -0.656. The van der Waals surface area contributed by atoms with Gasteiger partial charge >= 0.3 is 5.97 Å². The van der Waals surface area contributed by atoms with Crippen LogP contribution in [0.15, 0.2) is 47.4 Å². The molecule has 0 heterocycles. The number of sulfonamides is 1. The summed E-state index contributed by atoms with van der Waals surface area (Å²) < 4.78 is 32.4. The summed E-state index contributed by atoms with van der Waals surface area (Å²) >= 11 is 6.03. The van der Waals surface area contributed by atoms with Crippen molar-refractivity contribution in [1.82, 2.24) is 4.72 Å². The monoisotopic (exact) mass is 414 g/mol. The Morgan fingerprint density at radius 3 is 2.44 bits per heavy atom. The number of nitro groups is 1. The van der Waals surface area contributed by atoms with Crippen LogP contribution in [0.2, 0.25) is 5.02 Å². The molecule has 0 aliphatic rings. The lowest BCUT2D eigenvalue weighted by Crippen LogP contribution is -2.30. The van der Waals surface area contributed by atoms with E-state index in [4.69, 9.17) is 21.4 Å². The van der Waals surface area contributed by atoms with Gasteiger partial charge in [-0.2, -0.15) is 0 Å². The van der Waals surface area contributed by atoms with Gasteiger partial charge in [-0.15, -0.1) is 0 Å². The number of non-ortho nitro benzene ring substituents is 1. The Hall–Kier alpha value is -2.69. The predicted molar refractivity (Wildman–Crippen MR) is 96.4 cm³/mol. The molecule has 2 N–H and O–H groups in total. The molecule has 9 nitrogen and oxygen atoms in total. The van der Waals surface area contributed by atoms with Crippen LogP contribution < -0.4 is 9.46 Å². The van der Waals surface area contributed by atoms with Crippen molar-refractivity contribution < 1.29 is 28.0 Å². The predicted octanol–water partition coefficient (Wildman–Crippen LogP) is 2.75. The summed E-state index contributed by atoms with van der Waals surface area (Å²) in [7, 11) is -2.70. The topological polar surface area (TPSA) is 136 Å². The number of carboxylic acid groups (broad SMARTS) is 1. The van der Waals surface area contributed by atoms with Crippen LogP contribution in [0.1, 0.15) is 18.0 Å². The number of halogens is 1. The molecule has 0 bridgehead atoms. The van der Waals surface area contributed by atoms with Crippen LogP contribution in [-0.2, 0) is 14.8 Å². The number of hydrogen-bond acceptors (Lipinski definition) is 6. The first-order chi connectivity index (χ1) is 12.6. The molecular weight excluding hydrogens is 400 g/mol. The van der Waals surface area contributed by atoms with E-state index in [0.29, 0.717) is 5.75 Å². The third kappa shape index (κ3) is 5.16. The Bertz CT molecular complexity index is 961. The molecule has 1 atom stereocenters. The van der Waals surface area contributed by atoms with E-state index in [0.717, 1.165) is 12.1 Å². The van der Waals surface area contributed by atoms with Crippen LogP contribution in [0.4, 0.5) is 5.69 Å². The SMILES string of the molecule is COc1ccc(S(=O)(=O)N[C@H](CC(=O)O)c2cc([N+](=O)[O-])ccc2Cl)cc1. The summed E-state index contributed by atoms with van der Waals surface area (Å²) in [5.41, 5.74) is -0.348. The van der Waals surface area contributed by atoms with Crippen molar-refractivity contribution in [3.8, 4) is 5.75 Å². The minimum atomic E-state index is -4.13. The van der Waals surface area contributed by atoms with Gasteiger partial charge in [0.15, 0.2) is 0 Å². The maximum atomic E-state index is 12.6. The zero-order valence-electron chi connectivity index (χ0n) is 14.0. The number of carboxylic acids is 1. The first kappa shape index (κ1) is 20.6. The van der Waals surface area contributed by atoms with Gasteiger partial charge in [-0.05, 0) is 35.9 Å². The van der Waals surface area contributed by atoms with Crippen molar-refractivity contribution in [2.75, 3.05) is 7.11 Å². The van der Waals surface area contributed by atoms with Gasteiger partial charge in [0.25, 0.3) is 5.69 Å². The van der Waals surface area contributed by atoms with Crippen LogP contribution in [0.25, 0.3) is 0 Å². The van der Waals surface area contributed by atoms with Crippen molar-refractivity contribution in [3.05, 3.63) is 63.2 Å². The van der Waals surface area contributed by atoms with Gasteiger partial charge < -0.3 is 9.84 Å². The summed E-state index contributed by atoms with van der Waals surface area (Å²) in [6, 6.07) is 7.53. The van der Waals surface area contributed by atoms with Crippen LogP contribution in [0.3, 0.4) is 0 Å². The highest BCUT2D eigenvalue weighted by Gasteiger charge is 2.27. The minimum Gasteiger partial charge on any atom is -0.497 e. The molecule has 0 fully saturated rings. The number of nitro benzene ring substituents is 1. The zero-order chi connectivity index (χ0) is 20.2. The Morgan fingerprint density at radius 2 is 1.93 bits per heavy atom. The fraction of sp³-hybridized carbons (Fsp3) is 0.188. The summed E-state index contributed by atoms with van der Waals surface area (Å²) in [5.74, 6) is -0.863. The maximum absolute atomic E-state index is 12.6. The number of nitrogens with one attached hydrogen (secondary N) is 1. The summed E-state index contributed by atoms with van der Waals surface area (Å²) in [6.45, 7) is 0. The van der Waals surface area contributed by atoms with Crippen LogP contribution in [-0.4, -0.2) is 31.5 Å². The summed E-state index contributed by atoms with van der Waals surface area (Å²) in [4.78, 5) is 21.4. The Labute approximate surface area is 159 Å². The lowest BCUT2D eigenvalue weighted by molar-refractivity contribution is -0.384. The molecule has 11 heteroatoms. The average Bonchev–Trinajstić information content (AvgIpc) is 2.60. The first-order valence-corrected chi connectivity index (χ1v) is 9.32. The standard InChI is InChI=1S/C16H15ClN2O7S/c1-26-11-3-5-12(6-4-11)27(24,25)18-15(9-16(20)21)13-8-10(19(22)23)2-7-14(13)17/h2-8,15,18H,9H2,1H3,(H,20,21)/t15-/m1/s1. The van der Waals surface area contributed by atoms with Crippen molar-refractivity contribution in [3.63, 3.8) is 0 Å². The second-order valence-electron chi connectivity index (χ2n) is 5.41. The van der Waals surface area contributed by atoms with Gasteiger partial charge in [-0.3, -0.25) is 14.9 Å². The molecule has 0 spiro atoms.